The zero-order chi connectivity index (χ0) is 17.3. The molecule has 0 aliphatic carbocycles. The monoisotopic (exact) mass is 324 g/mol. The minimum absolute atomic E-state index is 0.0727. The third-order valence-corrected chi connectivity index (χ3v) is 3.89. The Morgan fingerprint density at radius 2 is 1.67 bits per heavy atom. The minimum Gasteiger partial charge on any atom is -0.375 e. The molecule has 0 spiro atoms. The molecule has 1 heterocycles. The number of amides is 3. The van der Waals surface area contributed by atoms with E-state index in [4.69, 9.17) is 4.74 Å². The van der Waals surface area contributed by atoms with E-state index in [1.165, 1.54) is 7.11 Å². The smallest absolute Gasteiger partial charge is 0.266 e. The number of anilines is 2. The molecule has 6 nitrogen and oxygen atoms in total. The number of imide groups is 1. The number of rotatable bonds is 4. The highest BCUT2D eigenvalue weighted by Crippen LogP contribution is 2.33. The van der Waals surface area contributed by atoms with Crippen LogP contribution in [0, 0.1) is 6.92 Å². The van der Waals surface area contributed by atoms with Crippen molar-refractivity contribution in [2.75, 3.05) is 23.9 Å². The summed E-state index contributed by atoms with van der Waals surface area (Å²) in [7, 11) is 1.43. The van der Waals surface area contributed by atoms with Crippen LogP contribution in [0.25, 0.3) is 0 Å². The maximum atomic E-state index is 12.6. The van der Waals surface area contributed by atoms with E-state index in [9.17, 15) is 14.4 Å². The second kappa shape index (κ2) is 6.25. The molecule has 0 fully saturated rings. The van der Waals surface area contributed by atoms with E-state index < -0.39 is 0 Å². The zero-order valence-electron chi connectivity index (χ0n) is 13.3. The van der Waals surface area contributed by atoms with Crippen LogP contribution in [0.4, 0.5) is 11.4 Å². The molecule has 1 aliphatic heterocycles. The van der Waals surface area contributed by atoms with Crippen LogP contribution in [0.2, 0.25) is 0 Å². The second-order valence-corrected chi connectivity index (χ2v) is 5.42. The first-order chi connectivity index (χ1) is 11.5. The lowest BCUT2D eigenvalue weighted by molar-refractivity contribution is -0.119. The Kier molecular flexibility index (Phi) is 4.14. The number of hydrogen-bond acceptors (Lipinski definition) is 4. The Bertz CT molecular complexity index is 810. The van der Waals surface area contributed by atoms with Gasteiger partial charge < -0.3 is 10.1 Å². The van der Waals surface area contributed by atoms with E-state index >= 15 is 0 Å². The topological polar surface area (TPSA) is 75.7 Å². The van der Waals surface area contributed by atoms with Gasteiger partial charge in [0.05, 0.1) is 16.8 Å². The Morgan fingerprint density at radius 1 is 1.04 bits per heavy atom. The van der Waals surface area contributed by atoms with E-state index in [1.54, 1.807) is 49.4 Å². The average Bonchev–Trinajstić information content (AvgIpc) is 2.82. The summed E-state index contributed by atoms with van der Waals surface area (Å²) in [5.41, 5.74) is 2.39. The van der Waals surface area contributed by atoms with Gasteiger partial charge in [-0.1, -0.05) is 18.2 Å². The predicted molar refractivity (Wildman–Crippen MR) is 89.3 cm³/mol. The minimum atomic E-state index is -0.362. The van der Waals surface area contributed by atoms with Crippen molar-refractivity contribution < 1.29 is 19.1 Å². The summed E-state index contributed by atoms with van der Waals surface area (Å²) in [6.45, 7) is 1.68. The number of carbonyl (C=O) groups excluding carboxylic acids is 3. The molecule has 0 bridgehead atoms. The molecule has 122 valence electrons. The highest BCUT2D eigenvalue weighted by Gasteiger charge is 2.37. The highest BCUT2D eigenvalue weighted by atomic mass is 16.5. The summed E-state index contributed by atoms with van der Waals surface area (Å²) < 4.78 is 4.79. The third-order valence-electron chi connectivity index (χ3n) is 3.89. The second-order valence-electron chi connectivity index (χ2n) is 5.42. The van der Waals surface area contributed by atoms with Gasteiger partial charge in [0, 0.05) is 12.8 Å². The molecule has 2 aromatic carbocycles. The molecular formula is C18H16N2O4. The molecule has 3 amide bonds. The van der Waals surface area contributed by atoms with Crippen LogP contribution >= 0.6 is 0 Å². The van der Waals surface area contributed by atoms with Crippen molar-refractivity contribution in [3.63, 3.8) is 0 Å². The lowest BCUT2D eigenvalue weighted by atomic mass is 10.1. The molecule has 1 aliphatic rings. The van der Waals surface area contributed by atoms with Gasteiger partial charge in [-0.3, -0.25) is 14.4 Å². The maximum Gasteiger partial charge on any atom is 0.266 e. The molecule has 0 unspecified atom stereocenters. The van der Waals surface area contributed by atoms with Crippen LogP contribution in [0.15, 0.2) is 42.5 Å². The van der Waals surface area contributed by atoms with Crippen molar-refractivity contribution in [3.8, 4) is 0 Å². The van der Waals surface area contributed by atoms with Crippen molar-refractivity contribution in [1.29, 1.82) is 0 Å². The molecule has 6 heteroatoms. The molecule has 1 N–H and O–H groups in total. The highest BCUT2D eigenvalue weighted by molar-refractivity contribution is 6.34. The van der Waals surface area contributed by atoms with Gasteiger partial charge >= 0.3 is 0 Å². The first-order valence-electron chi connectivity index (χ1n) is 7.41. The largest absolute Gasteiger partial charge is 0.375 e. The number of benzene rings is 2. The van der Waals surface area contributed by atoms with Gasteiger partial charge in [-0.05, 0) is 36.8 Å². The first-order valence-corrected chi connectivity index (χ1v) is 7.41. The Morgan fingerprint density at radius 3 is 2.25 bits per heavy atom. The van der Waals surface area contributed by atoms with Crippen LogP contribution in [0.5, 0.6) is 0 Å². The summed E-state index contributed by atoms with van der Waals surface area (Å²) in [4.78, 5) is 38.1. The van der Waals surface area contributed by atoms with E-state index in [2.05, 4.69) is 5.32 Å². The molecular weight excluding hydrogens is 308 g/mol. The summed E-state index contributed by atoms with van der Waals surface area (Å²) in [5.74, 6) is -1.03. The third kappa shape index (κ3) is 2.57. The first kappa shape index (κ1) is 15.9. The number of methoxy groups -OCH3 is 1. The molecule has 2 aromatic rings. The van der Waals surface area contributed by atoms with Gasteiger partial charge in [-0.25, -0.2) is 4.90 Å². The summed E-state index contributed by atoms with van der Waals surface area (Å²) in [6, 6.07) is 11.8. The van der Waals surface area contributed by atoms with Gasteiger partial charge in [0.15, 0.2) is 0 Å². The molecule has 0 saturated carbocycles. The van der Waals surface area contributed by atoms with Gasteiger partial charge in [-0.2, -0.15) is 0 Å². The van der Waals surface area contributed by atoms with Gasteiger partial charge in [0.2, 0.25) is 5.91 Å². The number of hydrogen-bond donors (Lipinski definition) is 1. The fourth-order valence-electron chi connectivity index (χ4n) is 2.73. The van der Waals surface area contributed by atoms with E-state index in [0.717, 1.165) is 4.90 Å². The van der Waals surface area contributed by atoms with Gasteiger partial charge in [-0.15, -0.1) is 0 Å². The Hall–Kier alpha value is -2.99. The lowest BCUT2D eigenvalue weighted by Crippen LogP contribution is -2.30. The summed E-state index contributed by atoms with van der Waals surface area (Å²) in [6.07, 6.45) is 0. The zero-order valence-corrected chi connectivity index (χ0v) is 13.3. The Labute approximate surface area is 139 Å². The van der Waals surface area contributed by atoms with Gasteiger partial charge in [0.25, 0.3) is 11.8 Å². The number of nitrogens with zero attached hydrogens (tertiary/aromatic N) is 1. The molecule has 0 atom stereocenters. The molecule has 0 aromatic heterocycles. The SMILES string of the molecule is COCC(=O)Nc1cccc(N2C(=O)c3ccccc3C2=O)c1C. The van der Waals surface area contributed by atoms with Crippen LogP contribution in [0.3, 0.4) is 0 Å². The average molecular weight is 324 g/mol. The fourth-order valence-corrected chi connectivity index (χ4v) is 2.73. The summed E-state index contributed by atoms with van der Waals surface area (Å²) >= 11 is 0. The molecule has 24 heavy (non-hydrogen) atoms. The molecule has 3 rings (SSSR count). The van der Waals surface area contributed by atoms with E-state index in [0.29, 0.717) is 28.1 Å². The standard InChI is InChI=1S/C18H16N2O4/c1-11-14(19-16(21)10-24-2)8-5-9-15(11)20-17(22)12-6-3-4-7-13(12)18(20)23/h3-9H,10H2,1-2H3,(H,19,21). The van der Waals surface area contributed by atoms with Crippen LogP contribution < -0.4 is 10.2 Å². The number of carbonyl (C=O) groups is 3. The summed E-state index contributed by atoms with van der Waals surface area (Å²) in [5, 5.41) is 2.71. The van der Waals surface area contributed by atoms with Gasteiger partial charge in [0.1, 0.15) is 6.61 Å². The molecule has 0 saturated heterocycles. The number of ether oxygens (including phenoxy) is 1. The predicted octanol–water partition coefficient (Wildman–Crippen LogP) is 2.38. The quantitative estimate of drug-likeness (QED) is 0.876. The number of fused-ring (bicyclic) bond motifs is 1. The van der Waals surface area contributed by atoms with Crippen molar-refractivity contribution in [2.24, 2.45) is 0 Å². The normalized spacial score (nSPS) is 13.2. The van der Waals surface area contributed by atoms with Crippen LogP contribution in [0.1, 0.15) is 26.3 Å². The Balaban J connectivity index is 1.98. The number of nitrogens with one attached hydrogen (secondary N) is 1. The maximum absolute atomic E-state index is 12.6. The van der Waals surface area contributed by atoms with Crippen molar-refractivity contribution >= 4 is 29.1 Å². The van der Waals surface area contributed by atoms with Crippen molar-refractivity contribution in [3.05, 3.63) is 59.2 Å². The van der Waals surface area contributed by atoms with Crippen molar-refractivity contribution in [1.82, 2.24) is 0 Å². The van der Waals surface area contributed by atoms with E-state index in [-0.39, 0.29) is 24.3 Å². The molecule has 0 radical (unpaired) electrons. The fraction of sp³-hybridized carbons (Fsp3) is 0.167. The van der Waals surface area contributed by atoms with Crippen LogP contribution in [-0.2, 0) is 9.53 Å². The lowest BCUT2D eigenvalue weighted by Gasteiger charge is -2.19. The van der Waals surface area contributed by atoms with Crippen LogP contribution in [-0.4, -0.2) is 31.4 Å². The van der Waals surface area contributed by atoms with E-state index in [1.807, 2.05) is 0 Å². The van der Waals surface area contributed by atoms with Crippen molar-refractivity contribution in [2.45, 2.75) is 6.92 Å².